The van der Waals surface area contributed by atoms with Gasteiger partial charge in [0.2, 0.25) is 5.91 Å². The third-order valence-corrected chi connectivity index (χ3v) is 2.64. The third-order valence-electron chi connectivity index (χ3n) is 2.64. The smallest absolute Gasteiger partial charge is 0.225 e. The molecule has 0 spiro atoms. The summed E-state index contributed by atoms with van der Waals surface area (Å²) in [7, 11) is 1.97. The van der Waals surface area contributed by atoms with E-state index in [4.69, 9.17) is 0 Å². The van der Waals surface area contributed by atoms with Crippen molar-refractivity contribution in [2.24, 2.45) is 5.92 Å². The van der Waals surface area contributed by atoms with Crippen LogP contribution in [0.15, 0.2) is 0 Å². The van der Waals surface area contributed by atoms with Crippen molar-refractivity contribution >= 4 is 18.3 Å². The molecule has 1 atom stereocenters. The van der Waals surface area contributed by atoms with E-state index in [-0.39, 0.29) is 18.3 Å². The number of likely N-dealkylation sites (N-methyl/N-ethyl adjacent to an activating group) is 1. The number of amides is 1. The monoisotopic (exact) mass is 220 g/mol. The van der Waals surface area contributed by atoms with Gasteiger partial charge >= 0.3 is 0 Å². The van der Waals surface area contributed by atoms with Gasteiger partial charge in [0.05, 0.1) is 0 Å². The zero-order chi connectivity index (χ0) is 9.84. The number of nitrogens with zero attached hydrogens (tertiary/aromatic N) is 1. The Balaban J connectivity index is 0.00000169. The zero-order valence-corrected chi connectivity index (χ0v) is 10.1. The van der Waals surface area contributed by atoms with Crippen LogP contribution in [0.2, 0.25) is 0 Å². The van der Waals surface area contributed by atoms with Crippen molar-refractivity contribution in [2.45, 2.75) is 32.7 Å². The molecule has 0 aliphatic carbocycles. The number of rotatable bonds is 2. The molecule has 1 aliphatic rings. The number of halogens is 1. The molecule has 1 rings (SSSR count). The van der Waals surface area contributed by atoms with Crippen molar-refractivity contribution in [3.8, 4) is 0 Å². The molecule has 1 amide bonds. The number of hydrogen-bond acceptors (Lipinski definition) is 2. The highest BCUT2D eigenvalue weighted by Crippen LogP contribution is 2.12. The van der Waals surface area contributed by atoms with Gasteiger partial charge in [-0.15, -0.1) is 12.4 Å². The first-order chi connectivity index (χ1) is 6.15. The molecule has 1 saturated heterocycles. The Hall–Kier alpha value is -0.280. The molecule has 4 heteroatoms. The molecular formula is C10H21ClN2O. The lowest BCUT2D eigenvalue weighted by Gasteiger charge is -2.33. The van der Waals surface area contributed by atoms with Crippen molar-refractivity contribution < 1.29 is 4.79 Å². The second-order valence-corrected chi connectivity index (χ2v) is 4.07. The van der Waals surface area contributed by atoms with Crippen molar-refractivity contribution in [1.29, 1.82) is 0 Å². The molecule has 0 aromatic carbocycles. The fourth-order valence-corrected chi connectivity index (χ4v) is 1.78. The van der Waals surface area contributed by atoms with Crippen LogP contribution < -0.4 is 5.32 Å². The predicted molar refractivity (Wildman–Crippen MR) is 60.7 cm³/mol. The summed E-state index contributed by atoms with van der Waals surface area (Å²) in [6.07, 6.45) is 2.32. The molecule has 0 unspecified atom stereocenters. The van der Waals surface area contributed by atoms with Gasteiger partial charge in [-0.1, -0.05) is 13.8 Å². The van der Waals surface area contributed by atoms with Crippen LogP contribution in [0.5, 0.6) is 0 Å². The molecule has 1 aliphatic heterocycles. The molecule has 0 bridgehead atoms. The Morgan fingerprint density at radius 3 is 2.64 bits per heavy atom. The first kappa shape index (κ1) is 13.7. The Kier molecular flexibility index (Phi) is 6.12. The van der Waals surface area contributed by atoms with Gasteiger partial charge in [-0.25, -0.2) is 0 Å². The standard InChI is InChI=1S/C10H20N2O.ClH/c1-8(2)10(13)12-6-4-5-9(7-12)11-3;/h8-9,11H,4-7H2,1-3H3;1H/t9-;/m0./s1. The summed E-state index contributed by atoms with van der Waals surface area (Å²) < 4.78 is 0. The van der Waals surface area contributed by atoms with Crippen molar-refractivity contribution in [2.75, 3.05) is 20.1 Å². The third kappa shape index (κ3) is 3.46. The van der Waals surface area contributed by atoms with Gasteiger partial charge < -0.3 is 10.2 Å². The number of carbonyl (C=O) groups is 1. The summed E-state index contributed by atoms with van der Waals surface area (Å²) >= 11 is 0. The van der Waals surface area contributed by atoms with E-state index in [1.54, 1.807) is 0 Å². The maximum atomic E-state index is 11.7. The minimum absolute atomic E-state index is 0. The summed E-state index contributed by atoms with van der Waals surface area (Å²) in [5, 5.41) is 3.23. The average molecular weight is 221 g/mol. The van der Waals surface area contributed by atoms with E-state index in [1.165, 1.54) is 6.42 Å². The lowest BCUT2D eigenvalue weighted by Crippen LogP contribution is -2.48. The number of piperidine rings is 1. The second-order valence-electron chi connectivity index (χ2n) is 4.07. The van der Waals surface area contributed by atoms with Crippen LogP contribution in [-0.2, 0) is 4.79 Å². The van der Waals surface area contributed by atoms with Crippen LogP contribution in [0.3, 0.4) is 0 Å². The summed E-state index contributed by atoms with van der Waals surface area (Å²) in [4.78, 5) is 13.6. The van der Waals surface area contributed by atoms with Gasteiger partial charge in [0, 0.05) is 25.0 Å². The van der Waals surface area contributed by atoms with E-state index in [9.17, 15) is 4.79 Å². The minimum atomic E-state index is 0. The van der Waals surface area contributed by atoms with Gasteiger partial charge in [-0.3, -0.25) is 4.79 Å². The summed E-state index contributed by atoms with van der Waals surface area (Å²) in [6, 6.07) is 0.497. The number of likely N-dealkylation sites (tertiary alicyclic amines) is 1. The molecule has 0 saturated carbocycles. The fraction of sp³-hybridized carbons (Fsp3) is 0.900. The average Bonchev–Trinajstić information content (AvgIpc) is 2.16. The van der Waals surface area contributed by atoms with E-state index in [0.717, 1.165) is 19.5 Å². The first-order valence-corrected chi connectivity index (χ1v) is 5.11. The number of hydrogen-bond donors (Lipinski definition) is 1. The van der Waals surface area contributed by atoms with E-state index in [1.807, 2.05) is 25.8 Å². The van der Waals surface area contributed by atoms with Crippen LogP contribution >= 0.6 is 12.4 Å². The molecule has 14 heavy (non-hydrogen) atoms. The van der Waals surface area contributed by atoms with Gasteiger partial charge in [0.1, 0.15) is 0 Å². The van der Waals surface area contributed by atoms with Crippen molar-refractivity contribution in [3.63, 3.8) is 0 Å². The Morgan fingerprint density at radius 2 is 2.14 bits per heavy atom. The Bertz CT molecular complexity index is 185. The molecule has 3 nitrogen and oxygen atoms in total. The van der Waals surface area contributed by atoms with Gasteiger partial charge in [-0.2, -0.15) is 0 Å². The van der Waals surface area contributed by atoms with Crippen LogP contribution in [0.1, 0.15) is 26.7 Å². The molecule has 84 valence electrons. The molecule has 0 radical (unpaired) electrons. The van der Waals surface area contributed by atoms with Crippen molar-refractivity contribution in [3.05, 3.63) is 0 Å². The van der Waals surface area contributed by atoms with E-state index in [2.05, 4.69) is 5.32 Å². The van der Waals surface area contributed by atoms with E-state index < -0.39 is 0 Å². The Morgan fingerprint density at radius 1 is 1.50 bits per heavy atom. The quantitative estimate of drug-likeness (QED) is 0.761. The van der Waals surface area contributed by atoms with Crippen molar-refractivity contribution in [1.82, 2.24) is 10.2 Å². The number of carbonyl (C=O) groups excluding carboxylic acids is 1. The Labute approximate surface area is 92.6 Å². The second kappa shape index (κ2) is 6.25. The normalized spacial score (nSPS) is 22.0. The zero-order valence-electron chi connectivity index (χ0n) is 9.25. The highest BCUT2D eigenvalue weighted by molar-refractivity contribution is 5.85. The van der Waals surface area contributed by atoms with Crippen LogP contribution in [0.4, 0.5) is 0 Å². The molecule has 1 heterocycles. The molecule has 1 fully saturated rings. The summed E-state index contributed by atoms with van der Waals surface area (Å²) in [6.45, 7) is 5.75. The van der Waals surface area contributed by atoms with Gasteiger partial charge in [0.25, 0.3) is 0 Å². The molecule has 1 N–H and O–H groups in total. The topological polar surface area (TPSA) is 32.3 Å². The van der Waals surface area contributed by atoms with Gasteiger partial charge in [0.15, 0.2) is 0 Å². The summed E-state index contributed by atoms with van der Waals surface area (Å²) in [5.41, 5.74) is 0. The van der Waals surface area contributed by atoms with Crippen LogP contribution in [0, 0.1) is 5.92 Å². The van der Waals surface area contributed by atoms with Gasteiger partial charge in [-0.05, 0) is 19.9 Å². The SMILES string of the molecule is CN[C@H]1CCCN(C(=O)C(C)C)C1.Cl. The largest absolute Gasteiger partial charge is 0.341 e. The molecule has 0 aromatic rings. The highest BCUT2D eigenvalue weighted by Gasteiger charge is 2.23. The lowest BCUT2D eigenvalue weighted by molar-refractivity contribution is -0.135. The van der Waals surface area contributed by atoms with E-state index >= 15 is 0 Å². The maximum absolute atomic E-state index is 11.7. The fourth-order valence-electron chi connectivity index (χ4n) is 1.78. The predicted octanol–water partition coefficient (Wildman–Crippen LogP) is 1.27. The lowest BCUT2D eigenvalue weighted by atomic mass is 10.0. The van der Waals surface area contributed by atoms with Crippen LogP contribution in [0.25, 0.3) is 0 Å². The first-order valence-electron chi connectivity index (χ1n) is 5.11. The maximum Gasteiger partial charge on any atom is 0.225 e. The highest BCUT2D eigenvalue weighted by atomic mass is 35.5. The summed E-state index contributed by atoms with van der Waals surface area (Å²) in [5.74, 6) is 0.426. The van der Waals surface area contributed by atoms with E-state index in [0.29, 0.717) is 11.9 Å². The number of nitrogens with one attached hydrogen (secondary N) is 1. The molecular weight excluding hydrogens is 200 g/mol. The molecule has 0 aromatic heterocycles. The minimum Gasteiger partial charge on any atom is -0.341 e. The van der Waals surface area contributed by atoms with Crippen LogP contribution in [-0.4, -0.2) is 37.0 Å².